The van der Waals surface area contributed by atoms with Crippen molar-refractivity contribution in [2.75, 3.05) is 14.2 Å². The smallest absolute Gasteiger partial charge is 0.127 e. The molecule has 120 valence electrons. The molecule has 0 bridgehead atoms. The molecule has 1 aromatic rings. The summed E-state index contributed by atoms with van der Waals surface area (Å²) in [5, 5.41) is 0. The summed E-state index contributed by atoms with van der Waals surface area (Å²) < 4.78 is 10.7. The third kappa shape index (κ3) is 5.56. The summed E-state index contributed by atoms with van der Waals surface area (Å²) in [6.45, 7) is 9.07. The third-order valence-corrected chi connectivity index (χ3v) is 3.62. The van der Waals surface area contributed by atoms with E-state index in [1.54, 1.807) is 14.2 Å². The highest BCUT2D eigenvalue weighted by molar-refractivity contribution is 5.42. The second kappa shape index (κ2) is 7.66. The highest BCUT2D eigenvalue weighted by Crippen LogP contribution is 2.35. The van der Waals surface area contributed by atoms with Crippen molar-refractivity contribution in [3.8, 4) is 11.5 Å². The Morgan fingerprint density at radius 2 is 1.86 bits per heavy atom. The molecule has 21 heavy (non-hydrogen) atoms. The lowest BCUT2D eigenvalue weighted by Crippen LogP contribution is -2.30. The van der Waals surface area contributed by atoms with E-state index < -0.39 is 0 Å². The standard InChI is InChI=1S/C17H30N2O2/c1-12(11-17(2,3)4)9-15(19-18)14-8-7-13(20-5)10-16(14)21-6/h7-8,10,12,15,19H,9,11,18H2,1-6H3. The quantitative estimate of drug-likeness (QED) is 0.595. The predicted molar refractivity (Wildman–Crippen MR) is 87.5 cm³/mol. The van der Waals surface area contributed by atoms with Crippen LogP contribution in [-0.2, 0) is 0 Å². The zero-order valence-electron chi connectivity index (χ0n) is 14.2. The number of methoxy groups -OCH3 is 2. The molecule has 4 heteroatoms. The first kappa shape index (κ1) is 17.8. The van der Waals surface area contributed by atoms with E-state index in [1.165, 1.54) is 0 Å². The van der Waals surface area contributed by atoms with Gasteiger partial charge < -0.3 is 9.47 Å². The highest BCUT2D eigenvalue weighted by Gasteiger charge is 2.22. The molecular weight excluding hydrogens is 264 g/mol. The molecule has 3 N–H and O–H groups in total. The fourth-order valence-electron chi connectivity index (χ4n) is 2.92. The van der Waals surface area contributed by atoms with Crippen LogP contribution in [-0.4, -0.2) is 14.2 Å². The topological polar surface area (TPSA) is 56.5 Å². The zero-order valence-corrected chi connectivity index (χ0v) is 14.2. The minimum absolute atomic E-state index is 0.0724. The normalized spacial score (nSPS) is 14.6. The van der Waals surface area contributed by atoms with Crippen molar-refractivity contribution in [2.45, 2.75) is 46.6 Å². The van der Waals surface area contributed by atoms with E-state index >= 15 is 0 Å². The molecule has 0 aliphatic carbocycles. The summed E-state index contributed by atoms with van der Waals surface area (Å²) in [6.07, 6.45) is 2.13. The first-order chi connectivity index (χ1) is 9.80. The summed E-state index contributed by atoms with van der Waals surface area (Å²) in [5.41, 5.74) is 4.32. The van der Waals surface area contributed by atoms with E-state index in [4.69, 9.17) is 15.3 Å². The zero-order chi connectivity index (χ0) is 16.0. The predicted octanol–water partition coefficient (Wildman–Crippen LogP) is 3.67. The van der Waals surface area contributed by atoms with Crippen LogP contribution in [0.3, 0.4) is 0 Å². The van der Waals surface area contributed by atoms with Crippen LogP contribution in [0, 0.1) is 11.3 Å². The van der Waals surface area contributed by atoms with Gasteiger partial charge in [0, 0.05) is 17.7 Å². The Morgan fingerprint density at radius 3 is 2.33 bits per heavy atom. The van der Waals surface area contributed by atoms with Gasteiger partial charge in [-0.2, -0.15) is 0 Å². The van der Waals surface area contributed by atoms with Gasteiger partial charge in [-0.05, 0) is 30.2 Å². The Hall–Kier alpha value is -1.26. The Morgan fingerprint density at radius 1 is 1.19 bits per heavy atom. The van der Waals surface area contributed by atoms with Crippen molar-refractivity contribution in [1.82, 2.24) is 5.43 Å². The van der Waals surface area contributed by atoms with Crippen LogP contribution < -0.4 is 20.7 Å². The maximum absolute atomic E-state index is 5.77. The van der Waals surface area contributed by atoms with Gasteiger partial charge in [-0.3, -0.25) is 11.3 Å². The van der Waals surface area contributed by atoms with Crippen molar-refractivity contribution in [2.24, 2.45) is 17.2 Å². The highest BCUT2D eigenvalue weighted by atomic mass is 16.5. The molecule has 1 aromatic carbocycles. The first-order valence-corrected chi connectivity index (χ1v) is 7.48. The summed E-state index contributed by atoms with van der Waals surface area (Å²) in [5.74, 6) is 7.93. The number of hydrazine groups is 1. The van der Waals surface area contributed by atoms with E-state index in [1.807, 2.05) is 18.2 Å². The molecule has 0 amide bonds. The van der Waals surface area contributed by atoms with Crippen molar-refractivity contribution in [3.63, 3.8) is 0 Å². The van der Waals surface area contributed by atoms with Crippen molar-refractivity contribution in [3.05, 3.63) is 23.8 Å². The molecule has 0 heterocycles. The van der Waals surface area contributed by atoms with Crippen LogP contribution in [0.15, 0.2) is 18.2 Å². The molecule has 0 saturated heterocycles. The van der Waals surface area contributed by atoms with Crippen LogP contribution in [0.1, 0.15) is 52.1 Å². The number of nitrogens with two attached hydrogens (primary N) is 1. The Kier molecular flexibility index (Phi) is 6.49. The van der Waals surface area contributed by atoms with Crippen LogP contribution in [0.5, 0.6) is 11.5 Å². The molecular formula is C17H30N2O2. The number of benzene rings is 1. The van der Waals surface area contributed by atoms with Gasteiger partial charge >= 0.3 is 0 Å². The van der Waals surface area contributed by atoms with Gasteiger partial charge in [0.1, 0.15) is 11.5 Å². The van der Waals surface area contributed by atoms with E-state index in [0.717, 1.165) is 29.9 Å². The fraction of sp³-hybridized carbons (Fsp3) is 0.647. The number of hydrogen-bond acceptors (Lipinski definition) is 4. The van der Waals surface area contributed by atoms with E-state index in [9.17, 15) is 0 Å². The Balaban J connectivity index is 2.89. The van der Waals surface area contributed by atoms with Gasteiger partial charge in [-0.1, -0.05) is 33.8 Å². The summed E-state index contributed by atoms with van der Waals surface area (Å²) in [7, 11) is 3.32. The summed E-state index contributed by atoms with van der Waals surface area (Å²) in [6, 6.07) is 5.93. The largest absolute Gasteiger partial charge is 0.497 e. The molecule has 0 spiro atoms. The molecule has 0 radical (unpaired) electrons. The maximum Gasteiger partial charge on any atom is 0.127 e. The van der Waals surface area contributed by atoms with E-state index in [0.29, 0.717) is 11.3 Å². The molecule has 0 saturated carbocycles. The monoisotopic (exact) mass is 294 g/mol. The van der Waals surface area contributed by atoms with Gasteiger partial charge in [0.2, 0.25) is 0 Å². The van der Waals surface area contributed by atoms with Gasteiger partial charge in [-0.25, -0.2) is 0 Å². The molecule has 2 atom stereocenters. The third-order valence-electron chi connectivity index (χ3n) is 3.62. The van der Waals surface area contributed by atoms with Crippen LogP contribution in [0.4, 0.5) is 0 Å². The molecule has 0 fully saturated rings. The van der Waals surface area contributed by atoms with Crippen LogP contribution in [0.25, 0.3) is 0 Å². The fourth-order valence-corrected chi connectivity index (χ4v) is 2.92. The minimum atomic E-state index is 0.0724. The average molecular weight is 294 g/mol. The van der Waals surface area contributed by atoms with E-state index in [2.05, 4.69) is 33.1 Å². The van der Waals surface area contributed by atoms with Gasteiger partial charge in [0.05, 0.1) is 14.2 Å². The molecule has 1 rings (SSSR count). The van der Waals surface area contributed by atoms with Crippen LogP contribution >= 0.6 is 0 Å². The number of hydrogen-bond donors (Lipinski definition) is 2. The van der Waals surface area contributed by atoms with Crippen molar-refractivity contribution in [1.29, 1.82) is 0 Å². The molecule has 2 unspecified atom stereocenters. The molecule has 4 nitrogen and oxygen atoms in total. The maximum atomic E-state index is 5.77. The Bertz CT molecular complexity index is 441. The van der Waals surface area contributed by atoms with Crippen molar-refractivity contribution < 1.29 is 9.47 Å². The number of rotatable bonds is 7. The lowest BCUT2D eigenvalue weighted by molar-refractivity contribution is 0.274. The van der Waals surface area contributed by atoms with Crippen molar-refractivity contribution >= 4 is 0 Å². The minimum Gasteiger partial charge on any atom is -0.497 e. The van der Waals surface area contributed by atoms with E-state index in [-0.39, 0.29) is 6.04 Å². The number of nitrogens with one attached hydrogen (secondary N) is 1. The second-order valence-corrected chi connectivity index (χ2v) is 6.93. The second-order valence-electron chi connectivity index (χ2n) is 6.93. The summed E-state index contributed by atoms with van der Waals surface area (Å²) in [4.78, 5) is 0. The molecule has 0 aromatic heterocycles. The van der Waals surface area contributed by atoms with Gasteiger partial charge in [-0.15, -0.1) is 0 Å². The SMILES string of the molecule is COc1ccc(C(CC(C)CC(C)(C)C)NN)c(OC)c1. The molecule has 0 aliphatic heterocycles. The van der Waals surface area contributed by atoms with Gasteiger partial charge in [0.15, 0.2) is 0 Å². The lowest BCUT2D eigenvalue weighted by Gasteiger charge is -2.27. The average Bonchev–Trinajstić information content (AvgIpc) is 2.42. The Labute approximate surface area is 129 Å². The number of ether oxygens (including phenoxy) is 2. The van der Waals surface area contributed by atoms with Crippen LogP contribution in [0.2, 0.25) is 0 Å². The summed E-state index contributed by atoms with van der Waals surface area (Å²) >= 11 is 0. The molecule has 0 aliphatic rings. The van der Waals surface area contributed by atoms with Gasteiger partial charge in [0.25, 0.3) is 0 Å². The first-order valence-electron chi connectivity index (χ1n) is 7.48. The lowest BCUT2D eigenvalue weighted by atomic mass is 9.82.